The molecule has 0 aromatic rings. The first kappa shape index (κ1) is 13.5. The molecule has 3 aliphatic rings. The van der Waals surface area contributed by atoms with Crippen LogP contribution in [0.2, 0.25) is 0 Å². The van der Waals surface area contributed by atoms with E-state index in [-0.39, 0.29) is 5.41 Å². The van der Waals surface area contributed by atoms with Crippen LogP contribution in [-0.4, -0.2) is 11.1 Å². The fraction of sp³-hybridized carbons (Fsp3) is 0.941. The number of carboxylic acid groups (broad SMARTS) is 1. The molecule has 1 N–H and O–H groups in total. The highest BCUT2D eigenvalue weighted by Gasteiger charge is 2.67. The Balaban J connectivity index is 2.00. The quantitative estimate of drug-likeness (QED) is 0.798. The van der Waals surface area contributed by atoms with Gasteiger partial charge in [-0.05, 0) is 54.8 Å². The number of hydrogen-bond donors (Lipinski definition) is 1. The molecule has 0 saturated heterocycles. The van der Waals surface area contributed by atoms with Crippen LogP contribution in [-0.2, 0) is 4.79 Å². The zero-order chi connectivity index (χ0) is 13.9. The molecule has 0 heterocycles. The Morgan fingerprint density at radius 3 is 2.11 bits per heavy atom. The second-order valence-electron chi connectivity index (χ2n) is 8.18. The first-order chi connectivity index (χ1) is 8.84. The molecule has 3 rings (SSSR count). The summed E-state index contributed by atoms with van der Waals surface area (Å²) >= 11 is 0. The van der Waals surface area contributed by atoms with Crippen LogP contribution in [0.3, 0.4) is 0 Å². The van der Waals surface area contributed by atoms with Crippen molar-refractivity contribution in [3.8, 4) is 0 Å². The Morgan fingerprint density at radius 1 is 1.05 bits per heavy atom. The summed E-state index contributed by atoms with van der Waals surface area (Å²) in [5, 5.41) is 9.96. The number of hydrogen-bond acceptors (Lipinski definition) is 1. The summed E-state index contributed by atoms with van der Waals surface area (Å²) in [6.45, 7) is 7.18. The molecule has 0 radical (unpaired) electrons. The predicted octanol–water partition coefficient (Wildman–Crippen LogP) is 4.48. The van der Waals surface area contributed by atoms with Gasteiger partial charge in [-0.2, -0.15) is 0 Å². The van der Waals surface area contributed by atoms with Gasteiger partial charge in [0, 0.05) is 0 Å². The van der Waals surface area contributed by atoms with Crippen molar-refractivity contribution in [1.82, 2.24) is 0 Å². The van der Waals surface area contributed by atoms with Gasteiger partial charge in [-0.15, -0.1) is 0 Å². The molecule has 2 nitrogen and oxygen atoms in total. The summed E-state index contributed by atoms with van der Waals surface area (Å²) in [6.07, 6.45) is 9.02. The highest BCUT2D eigenvalue weighted by atomic mass is 16.4. The SMILES string of the molecule is CC1(C)C2CCC1(C)C(C1(C(=O)O)CCCCC1)C2. The summed E-state index contributed by atoms with van der Waals surface area (Å²) in [5.74, 6) is 0.661. The minimum Gasteiger partial charge on any atom is -0.481 e. The lowest BCUT2D eigenvalue weighted by Gasteiger charge is -2.49. The van der Waals surface area contributed by atoms with Crippen LogP contribution in [0.15, 0.2) is 0 Å². The number of carboxylic acids is 1. The molecule has 3 fully saturated rings. The third kappa shape index (κ3) is 1.52. The smallest absolute Gasteiger partial charge is 0.309 e. The molecule has 19 heavy (non-hydrogen) atoms. The van der Waals surface area contributed by atoms with Crippen LogP contribution >= 0.6 is 0 Å². The van der Waals surface area contributed by atoms with Crippen molar-refractivity contribution < 1.29 is 9.90 Å². The third-order valence-corrected chi connectivity index (χ3v) is 7.63. The van der Waals surface area contributed by atoms with E-state index in [1.807, 2.05) is 0 Å². The molecule has 2 bridgehead atoms. The molecule has 3 unspecified atom stereocenters. The molecule has 2 heteroatoms. The maximum Gasteiger partial charge on any atom is 0.309 e. The van der Waals surface area contributed by atoms with Crippen molar-refractivity contribution in [1.29, 1.82) is 0 Å². The summed E-state index contributed by atoms with van der Waals surface area (Å²) in [7, 11) is 0. The van der Waals surface area contributed by atoms with E-state index in [1.54, 1.807) is 0 Å². The van der Waals surface area contributed by atoms with Crippen molar-refractivity contribution in [2.24, 2.45) is 28.1 Å². The molecule has 3 atom stereocenters. The summed E-state index contributed by atoms with van der Waals surface area (Å²) in [6, 6.07) is 0. The van der Waals surface area contributed by atoms with Gasteiger partial charge < -0.3 is 5.11 Å². The third-order valence-electron chi connectivity index (χ3n) is 7.63. The van der Waals surface area contributed by atoms with E-state index in [0.29, 0.717) is 11.3 Å². The van der Waals surface area contributed by atoms with Crippen LogP contribution in [0.1, 0.15) is 72.1 Å². The summed E-state index contributed by atoms with van der Waals surface area (Å²) in [4.78, 5) is 12.1. The second-order valence-corrected chi connectivity index (χ2v) is 8.18. The van der Waals surface area contributed by atoms with E-state index >= 15 is 0 Å². The first-order valence-electron chi connectivity index (χ1n) is 8.08. The molecule has 0 aliphatic heterocycles. The zero-order valence-electron chi connectivity index (χ0n) is 12.7. The highest BCUT2D eigenvalue weighted by molar-refractivity contribution is 5.75. The van der Waals surface area contributed by atoms with Crippen molar-refractivity contribution in [2.45, 2.75) is 72.1 Å². The van der Waals surface area contributed by atoms with Gasteiger partial charge in [0.15, 0.2) is 0 Å². The Hall–Kier alpha value is -0.530. The number of fused-ring (bicyclic) bond motifs is 2. The van der Waals surface area contributed by atoms with Crippen LogP contribution in [0, 0.1) is 28.1 Å². The number of aliphatic carboxylic acids is 1. The standard InChI is InChI=1S/C17H28O2/c1-15(2)12-7-10-16(15,3)13(11-12)17(14(18)19)8-5-4-6-9-17/h12-13H,4-11H2,1-3H3,(H,18,19). The van der Waals surface area contributed by atoms with E-state index in [0.717, 1.165) is 38.0 Å². The van der Waals surface area contributed by atoms with Crippen molar-refractivity contribution in [2.75, 3.05) is 0 Å². The van der Waals surface area contributed by atoms with Gasteiger partial charge in [-0.25, -0.2) is 0 Å². The molecule has 0 aromatic carbocycles. The molecular weight excluding hydrogens is 236 g/mol. The Kier molecular flexibility index (Phi) is 2.82. The first-order valence-corrected chi connectivity index (χ1v) is 8.08. The average molecular weight is 264 g/mol. The minimum atomic E-state index is -0.498. The van der Waals surface area contributed by atoms with E-state index in [1.165, 1.54) is 19.3 Å². The summed E-state index contributed by atoms with van der Waals surface area (Å²) < 4.78 is 0. The number of carbonyl (C=O) groups is 1. The van der Waals surface area contributed by atoms with E-state index in [9.17, 15) is 9.90 Å². The van der Waals surface area contributed by atoms with Gasteiger partial charge in [0.1, 0.15) is 0 Å². The average Bonchev–Trinajstić information content (AvgIpc) is 2.72. The van der Waals surface area contributed by atoms with E-state index < -0.39 is 11.4 Å². The van der Waals surface area contributed by atoms with Crippen LogP contribution in [0.5, 0.6) is 0 Å². The molecule has 3 aliphatic carbocycles. The van der Waals surface area contributed by atoms with Gasteiger partial charge in [-0.3, -0.25) is 4.79 Å². The van der Waals surface area contributed by atoms with Gasteiger partial charge >= 0.3 is 5.97 Å². The molecular formula is C17H28O2. The van der Waals surface area contributed by atoms with Crippen LogP contribution < -0.4 is 0 Å². The Bertz CT molecular complexity index is 392. The monoisotopic (exact) mass is 264 g/mol. The van der Waals surface area contributed by atoms with E-state index in [4.69, 9.17) is 0 Å². The number of rotatable bonds is 2. The molecule has 0 spiro atoms. The minimum absolute atomic E-state index is 0.243. The fourth-order valence-corrected chi connectivity index (χ4v) is 5.93. The lowest BCUT2D eigenvalue weighted by Crippen LogP contribution is -2.48. The van der Waals surface area contributed by atoms with Crippen molar-refractivity contribution >= 4 is 5.97 Å². The maximum absolute atomic E-state index is 12.1. The topological polar surface area (TPSA) is 37.3 Å². The van der Waals surface area contributed by atoms with E-state index in [2.05, 4.69) is 20.8 Å². The van der Waals surface area contributed by atoms with Crippen LogP contribution in [0.4, 0.5) is 0 Å². The molecule has 3 saturated carbocycles. The molecule has 108 valence electrons. The normalized spacial score (nSPS) is 43.3. The van der Waals surface area contributed by atoms with Gasteiger partial charge in [-0.1, -0.05) is 40.0 Å². The maximum atomic E-state index is 12.1. The van der Waals surface area contributed by atoms with Gasteiger partial charge in [0.25, 0.3) is 0 Å². The molecule has 0 aromatic heterocycles. The largest absolute Gasteiger partial charge is 0.481 e. The Morgan fingerprint density at radius 2 is 1.68 bits per heavy atom. The lowest BCUT2D eigenvalue weighted by atomic mass is 9.54. The van der Waals surface area contributed by atoms with Crippen LogP contribution in [0.25, 0.3) is 0 Å². The Labute approximate surface area is 117 Å². The molecule has 0 amide bonds. The zero-order valence-corrected chi connectivity index (χ0v) is 12.7. The second kappa shape index (κ2) is 3.99. The van der Waals surface area contributed by atoms with Gasteiger partial charge in [0.2, 0.25) is 0 Å². The summed E-state index contributed by atoms with van der Waals surface area (Å²) in [5.41, 5.74) is 0.171. The van der Waals surface area contributed by atoms with Crippen molar-refractivity contribution in [3.63, 3.8) is 0 Å². The highest BCUT2D eigenvalue weighted by Crippen LogP contribution is 2.72. The van der Waals surface area contributed by atoms with Crippen molar-refractivity contribution in [3.05, 3.63) is 0 Å². The fourth-order valence-electron chi connectivity index (χ4n) is 5.93. The van der Waals surface area contributed by atoms with Gasteiger partial charge in [0.05, 0.1) is 5.41 Å². The predicted molar refractivity (Wildman–Crippen MR) is 75.9 cm³/mol. The lowest BCUT2D eigenvalue weighted by molar-refractivity contribution is -0.161.